The third-order valence-electron chi connectivity index (χ3n) is 7.04. The highest BCUT2D eigenvalue weighted by Gasteiger charge is 2.57. The van der Waals surface area contributed by atoms with Gasteiger partial charge in [-0.2, -0.15) is 13.2 Å². The number of amides is 2. The van der Waals surface area contributed by atoms with Gasteiger partial charge in [0.2, 0.25) is 11.5 Å². The number of hydrogen-bond donors (Lipinski definition) is 4. The lowest BCUT2D eigenvalue weighted by Crippen LogP contribution is -2.51. The number of aliphatic hydroxyl groups is 1. The lowest BCUT2D eigenvalue weighted by molar-refractivity contribution is -0.265. The minimum absolute atomic E-state index is 0.00522. The third kappa shape index (κ3) is 4.33. The van der Waals surface area contributed by atoms with Crippen molar-refractivity contribution in [3.63, 3.8) is 0 Å². The summed E-state index contributed by atoms with van der Waals surface area (Å²) >= 11 is 6.11. The number of H-pyrrole nitrogens is 1. The third-order valence-corrected chi connectivity index (χ3v) is 7.36. The normalized spacial score (nSPS) is 18.2. The number of carbonyl (C=O) groups excluding carboxylic acids is 2. The van der Waals surface area contributed by atoms with Crippen LogP contribution >= 0.6 is 11.6 Å². The number of pyridine rings is 1. The van der Waals surface area contributed by atoms with Gasteiger partial charge >= 0.3 is 6.18 Å². The van der Waals surface area contributed by atoms with Crippen LogP contribution in [0.5, 0.6) is 5.75 Å². The van der Waals surface area contributed by atoms with Crippen molar-refractivity contribution in [3.8, 4) is 17.0 Å². The number of benzene rings is 2. The molecule has 0 radical (unpaired) electrons. The summed E-state index contributed by atoms with van der Waals surface area (Å²) in [7, 11) is 0. The van der Waals surface area contributed by atoms with E-state index < -0.39 is 47.1 Å². The Balaban J connectivity index is 1.60. The maximum Gasteiger partial charge on any atom is 0.424 e. The van der Waals surface area contributed by atoms with E-state index in [1.54, 1.807) is 18.2 Å². The zero-order valence-electron chi connectivity index (χ0n) is 20.7. The number of rotatable bonds is 6. The van der Waals surface area contributed by atoms with E-state index in [9.17, 15) is 32.3 Å². The quantitative estimate of drug-likeness (QED) is 0.254. The number of fused-ring (bicyclic) bond motifs is 2. The molecule has 0 bridgehead atoms. The van der Waals surface area contributed by atoms with Crippen LogP contribution in [0.4, 0.5) is 17.6 Å². The van der Waals surface area contributed by atoms with Crippen molar-refractivity contribution in [2.24, 2.45) is 5.73 Å². The monoisotopic (exact) mass is 576 g/mol. The van der Waals surface area contributed by atoms with Crippen molar-refractivity contribution in [3.05, 3.63) is 82.4 Å². The number of primary amides is 1. The van der Waals surface area contributed by atoms with Crippen molar-refractivity contribution < 1.29 is 37.0 Å². The van der Waals surface area contributed by atoms with Crippen molar-refractivity contribution in [2.45, 2.75) is 24.1 Å². The van der Waals surface area contributed by atoms with Gasteiger partial charge in [0.15, 0.2) is 0 Å². The fourth-order valence-electron chi connectivity index (χ4n) is 4.55. The summed E-state index contributed by atoms with van der Waals surface area (Å²) in [6.45, 7) is -0.234. The van der Waals surface area contributed by atoms with Gasteiger partial charge in [0, 0.05) is 22.7 Å². The predicted molar refractivity (Wildman–Crippen MR) is 137 cm³/mol. The van der Waals surface area contributed by atoms with Gasteiger partial charge in [-0.25, -0.2) is 9.37 Å². The molecule has 13 heteroatoms. The largest absolute Gasteiger partial charge is 0.489 e. The van der Waals surface area contributed by atoms with E-state index in [1.807, 2.05) is 0 Å². The Kier molecular flexibility index (Phi) is 6.50. The highest BCUT2D eigenvalue weighted by Crippen LogP contribution is 2.47. The number of nitrogens with zero attached hydrogens (tertiary/aromatic N) is 1. The van der Waals surface area contributed by atoms with Crippen LogP contribution in [-0.2, 0) is 15.8 Å². The van der Waals surface area contributed by atoms with Gasteiger partial charge in [-0.1, -0.05) is 23.7 Å². The zero-order chi connectivity index (χ0) is 29.0. The van der Waals surface area contributed by atoms with E-state index in [4.69, 9.17) is 22.1 Å². The van der Waals surface area contributed by atoms with Crippen LogP contribution in [0.2, 0.25) is 5.02 Å². The molecule has 2 aromatic carbocycles. The molecular formula is C27H21ClF4N4O4. The summed E-state index contributed by atoms with van der Waals surface area (Å²) in [6, 6.07) is 10.3. The standard InChI is InChI=1S/C27H21ClF4N4O4/c1-25(24(33)38)12-40-22-17(25)9-19(36-20(22)13-5-7-14(29)8-6-13)26(39,27(30,31)32)11-35-23(37)16-10-34-21-15(16)3-2-4-18(21)28/h2-10,34,39H,11-12H2,1H3,(H2,33,38)(H,35,37)/t25-,26?/m0/s1. The van der Waals surface area contributed by atoms with Crippen LogP contribution in [-0.4, -0.2) is 46.2 Å². The maximum atomic E-state index is 14.5. The number of nitrogens with two attached hydrogens (primary N) is 1. The molecule has 5 N–H and O–H groups in total. The molecule has 208 valence electrons. The molecule has 0 saturated carbocycles. The molecule has 3 heterocycles. The molecule has 0 fully saturated rings. The summed E-state index contributed by atoms with van der Waals surface area (Å²) in [4.78, 5) is 32.1. The summed E-state index contributed by atoms with van der Waals surface area (Å²) < 4.78 is 62.9. The van der Waals surface area contributed by atoms with Crippen LogP contribution in [0, 0.1) is 5.82 Å². The molecule has 40 heavy (non-hydrogen) atoms. The van der Waals surface area contributed by atoms with E-state index in [0.29, 0.717) is 15.9 Å². The van der Waals surface area contributed by atoms with Gasteiger partial charge in [0.05, 0.1) is 28.3 Å². The van der Waals surface area contributed by atoms with Crippen molar-refractivity contribution >= 4 is 34.3 Å². The van der Waals surface area contributed by atoms with Gasteiger partial charge in [-0.05, 0) is 43.3 Å². The summed E-state index contributed by atoms with van der Waals surface area (Å²) in [6.07, 6.45) is -4.05. The van der Waals surface area contributed by atoms with E-state index in [2.05, 4.69) is 15.3 Å². The average Bonchev–Trinajstić information content (AvgIpc) is 3.50. The van der Waals surface area contributed by atoms with Gasteiger partial charge in [0.25, 0.3) is 5.91 Å². The number of aromatic amines is 1. The van der Waals surface area contributed by atoms with Crippen LogP contribution in [0.3, 0.4) is 0 Å². The first kappa shape index (κ1) is 27.4. The zero-order valence-corrected chi connectivity index (χ0v) is 21.5. The number of halogens is 5. The molecule has 1 aliphatic rings. The fraction of sp³-hybridized carbons (Fsp3) is 0.222. The second-order valence-electron chi connectivity index (χ2n) is 9.63. The predicted octanol–water partition coefficient (Wildman–Crippen LogP) is 4.34. The van der Waals surface area contributed by atoms with Crippen molar-refractivity contribution in [2.75, 3.05) is 13.2 Å². The second-order valence-corrected chi connectivity index (χ2v) is 10.0. The molecule has 5 rings (SSSR count). The van der Waals surface area contributed by atoms with Crippen molar-refractivity contribution in [1.82, 2.24) is 15.3 Å². The van der Waals surface area contributed by atoms with Gasteiger partial charge in [-0.3, -0.25) is 9.59 Å². The summed E-state index contributed by atoms with van der Waals surface area (Å²) in [5, 5.41) is 13.9. The number of aromatic nitrogens is 2. The Morgan fingerprint density at radius 2 is 1.93 bits per heavy atom. The van der Waals surface area contributed by atoms with Crippen molar-refractivity contribution in [1.29, 1.82) is 0 Å². The number of nitrogens with one attached hydrogen (secondary N) is 2. The van der Waals surface area contributed by atoms with Crippen LogP contribution < -0.4 is 15.8 Å². The number of alkyl halides is 3. The molecule has 1 unspecified atom stereocenters. The molecule has 4 aromatic rings. The second kappa shape index (κ2) is 9.49. The SMILES string of the molecule is C[C@]1(C(N)=O)COc2c1cc(C(O)(CNC(=O)c1c[nH]c3c(Cl)cccc13)C(F)(F)F)nc2-c1ccc(F)cc1. The molecule has 0 aliphatic carbocycles. The Bertz CT molecular complexity index is 1660. The molecule has 0 saturated heterocycles. The topological polar surface area (TPSA) is 130 Å². The van der Waals surface area contributed by atoms with E-state index in [0.717, 1.165) is 18.2 Å². The van der Waals surface area contributed by atoms with Gasteiger partial charge in [-0.15, -0.1) is 0 Å². The Morgan fingerprint density at radius 3 is 2.58 bits per heavy atom. The molecule has 2 aromatic heterocycles. The van der Waals surface area contributed by atoms with Gasteiger partial charge in [0.1, 0.15) is 29.3 Å². The number of hydrogen-bond acceptors (Lipinski definition) is 5. The first-order valence-corrected chi connectivity index (χ1v) is 12.2. The Morgan fingerprint density at radius 1 is 1.23 bits per heavy atom. The molecule has 1 aliphatic heterocycles. The molecule has 2 atom stereocenters. The van der Waals surface area contributed by atoms with E-state index >= 15 is 0 Å². The fourth-order valence-corrected chi connectivity index (χ4v) is 4.78. The minimum atomic E-state index is -5.34. The molecular weight excluding hydrogens is 556 g/mol. The van der Waals surface area contributed by atoms with E-state index in [1.165, 1.54) is 25.3 Å². The molecule has 0 spiro atoms. The maximum absolute atomic E-state index is 14.5. The van der Waals surface area contributed by atoms with Crippen LogP contribution in [0.1, 0.15) is 28.5 Å². The van der Waals surface area contributed by atoms with E-state index in [-0.39, 0.29) is 34.7 Å². The van der Waals surface area contributed by atoms with Gasteiger partial charge < -0.3 is 25.9 Å². The first-order valence-electron chi connectivity index (χ1n) is 11.8. The number of para-hydroxylation sites is 1. The molecule has 8 nitrogen and oxygen atoms in total. The Hall–Kier alpha value is -4.16. The van der Waals surface area contributed by atoms with Crippen LogP contribution in [0.25, 0.3) is 22.2 Å². The first-order chi connectivity index (χ1) is 18.8. The highest BCUT2D eigenvalue weighted by atomic mass is 35.5. The number of carbonyl (C=O) groups is 2. The average molecular weight is 577 g/mol. The summed E-state index contributed by atoms with van der Waals surface area (Å²) in [5.74, 6) is -2.43. The molecule has 2 amide bonds. The Labute approximate surface area is 229 Å². The highest BCUT2D eigenvalue weighted by molar-refractivity contribution is 6.35. The smallest absolute Gasteiger partial charge is 0.424 e. The number of ether oxygens (including phenoxy) is 1. The lowest BCUT2D eigenvalue weighted by atomic mass is 9.81. The minimum Gasteiger partial charge on any atom is -0.489 e. The summed E-state index contributed by atoms with van der Waals surface area (Å²) in [5.41, 5.74) is -0.242. The lowest BCUT2D eigenvalue weighted by Gasteiger charge is -2.31. The van der Waals surface area contributed by atoms with Crippen LogP contribution in [0.15, 0.2) is 54.7 Å².